The van der Waals surface area contributed by atoms with Gasteiger partial charge in [-0.2, -0.15) is 50.6 Å². The third-order valence-corrected chi connectivity index (χ3v) is 6.41. The second kappa shape index (κ2) is 11.2. The van der Waals surface area contributed by atoms with Gasteiger partial charge in [-0.05, 0) is 43.9 Å². The number of ether oxygens (including phenoxy) is 1. The van der Waals surface area contributed by atoms with Gasteiger partial charge in [0.25, 0.3) is 18.1 Å². The number of rotatable bonds is 4. The minimum Gasteiger partial charge on any atom is -0.491 e. The van der Waals surface area contributed by atoms with Crippen LogP contribution in [0.4, 0.5) is 17.6 Å². The zero-order valence-corrected chi connectivity index (χ0v) is 21.5. The summed E-state index contributed by atoms with van der Waals surface area (Å²) < 4.78 is 61.4. The van der Waals surface area contributed by atoms with Crippen LogP contribution in [0, 0.1) is 11.6 Å². The Morgan fingerprint density at radius 1 is 1.06 bits per heavy atom. The highest BCUT2D eigenvalue weighted by molar-refractivity contribution is 7.59. The first-order valence-electron chi connectivity index (χ1n) is 10.2. The fourth-order valence-corrected chi connectivity index (χ4v) is 5.07. The summed E-state index contributed by atoms with van der Waals surface area (Å²) in [4.78, 5) is 22.8. The van der Waals surface area contributed by atoms with Gasteiger partial charge in [0.05, 0.1) is 12.8 Å². The Morgan fingerprint density at radius 3 is 2.34 bits per heavy atom. The van der Waals surface area contributed by atoms with Gasteiger partial charge in [0.1, 0.15) is 12.0 Å². The minimum absolute atomic E-state index is 0. The standard InChI is InChI=1S/C21H19F4N5O2.3H2S/c1-32-18-13(22)6-10(7-14(18)23)20(31)29-11-2-4-12(16(29)5-3-11)17-8-15(19(24)25)28-21-26-9-27-30(17)21;;;/h6-9,11-12,16,19H,2-5H2,1H3;3*1H2/t11-,12-,16-;;;/m0.../s1. The highest BCUT2D eigenvalue weighted by Crippen LogP contribution is 2.45. The zero-order chi connectivity index (χ0) is 22.6. The number of amides is 1. The molecule has 3 atom stereocenters. The first kappa shape index (κ1) is 29.0. The van der Waals surface area contributed by atoms with E-state index in [1.807, 2.05) is 0 Å². The van der Waals surface area contributed by atoms with Crippen molar-refractivity contribution in [3.63, 3.8) is 0 Å². The lowest BCUT2D eigenvalue weighted by Gasteiger charge is -2.40. The first-order valence-corrected chi connectivity index (χ1v) is 10.2. The van der Waals surface area contributed by atoms with E-state index in [4.69, 9.17) is 4.74 Å². The van der Waals surface area contributed by atoms with Gasteiger partial charge in [-0.3, -0.25) is 4.79 Å². The Hall–Kier alpha value is -2.19. The third-order valence-electron chi connectivity index (χ3n) is 6.41. The van der Waals surface area contributed by atoms with Crippen LogP contribution in [0.1, 0.15) is 59.8 Å². The van der Waals surface area contributed by atoms with Crippen LogP contribution < -0.4 is 4.74 Å². The number of benzene rings is 1. The van der Waals surface area contributed by atoms with Crippen molar-refractivity contribution >= 4 is 52.2 Å². The predicted octanol–water partition coefficient (Wildman–Crippen LogP) is 4.24. The Labute approximate surface area is 219 Å². The second-order valence-electron chi connectivity index (χ2n) is 8.05. The second-order valence-corrected chi connectivity index (χ2v) is 8.05. The highest BCUT2D eigenvalue weighted by Gasteiger charge is 2.46. The van der Waals surface area contributed by atoms with Crippen molar-refractivity contribution in [3.05, 3.63) is 53.1 Å². The molecular weight excluding hydrogens is 526 g/mol. The van der Waals surface area contributed by atoms with Crippen LogP contribution in [0.25, 0.3) is 5.78 Å². The summed E-state index contributed by atoms with van der Waals surface area (Å²) in [6, 6.07) is 2.83. The lowest BCUT2D eigenvalue weighted by Crippen LogP contribution is -2.47. The molecule has 2 aromatic heterocycles. The van der Waals surface area contributed by atoms with Gasteiger partial charge in [0, 0.05) is 23.6 Å². The van der Waals surface area contributed by atoms with Crippen LogP contribution >= 0.6 is 40.5 Å². The normalized spacial score (nSPS) is 20.7. The first-order chi connectivity index (χ1) is 15.4. The SMILES string of the molecule is COc1c(F)cc(C(=O)N2[C@H]3CC[C@H](c4cc(C(F)F)nc5ncnn45)[C@@H]2CC3)cc1F.S.S.S. The summed E-state index contributed by atoms with van der Waals surface area (Å²) in [7, 11) is 1.14. The number of carbonyl (C=O) groups is 1. The monoisotopic (exact) mass is 551 g/mol. The predicted molar refractivity (Wildman–Crippen MR) is 135 cm³/mol. The van der Waals surface area contributed by atoms with E-state index in [0.717, 1.165) is 25.7 Å². The molecule has 1 aromatic carbocycles. The molecule has 0 aliphatic carbocycles. The molecule has 2 aliphatic rings. The van der Waals surface area contributed by atoms with Gasteiger partial charge >= 0.3 is 0 Å². The van der Waals surface area contributed by atoms with Gasteiger partial charge in [-0.15, -0.1) is 0 Å². The Bertz CT molecular complexity index is 1190. The van der Waals surface area contributed by atoms with E-state index in [2.05, 4.69) is 15.1 Å². The molecule has 2 saturated heterocycles. The van der Waals surface area contributed by atoms with Gasteiger partial charge in [0.2, 0.25) is 0 Å². The van der Waals surface area contributed by atoms with Crippen molar-refractivity contribution < 1.29 is 27.1 Å². The number of methoxy groups -OCH3 is 1. The molecule has 0 spiro atoms. The Balaban J connectivity index is 0.00000144. The van der Waals surface area contributed by atoms with Crippen LogP contribution in [0.2, 0.25) is 0 Å². The fraction of sp³-hybridized carbons (Fsp3) is 0.429. The maximum absolute atomic E-state index is 14.2. The number of hydrogen-bond acceptors (Lipinski definition) is 5. The number of piperidine rings is 1. The number of halogens is 4. The van der Waals surface area contributed by atoms with E-state index in [1.54, 1.807) is 4.90 Å². The number of hydrogen-bond donors (Lipinski definition) is 0. The number of aromatic nitrogens is 4. The van der Waals surface area contributed by atoms with E-state index in [1.165, 1.54) is 16.9 Å². The largest absolute Gasteiger partial charge is 0.491 e. The third kappa shape index (κ3) is 4.92. The molecule has 35 heavy (non-hydrogen) atoms. The summed E-state index contributed by atoms with van der Waals surface area (Å²) in [6.07, 6.45) is 1.13. The van der Waals surface area contributed by atoms with Crippen LogP contribution in [0.15, 0.2) is 24.5 Å². The van der Waals surface area contributed by atoms with Crippen LogP contribution in [-0.2, 0) is 0 Å². The van der Waals surface area contributed by atoms with E-state index in [0.29, 0.717) is 25.0 Å². The number of fused-ring (bicyclic) bond motifs is 3. The Kier molecular flexibility index (Phi) is 9.33. The summed E-state index contributed by atoms with van der Waals surface area (Å²) in [5.74, 6) is -3.20. The molecule has 4 heterocycles. The maximum Gasteiger partial charge on any atom is 0.280 e. The Morgan fingerprint density at radius 2 is 1.71 bits per heavy atom. The van der Waals surface area contributed by atoms with Gasteiger partial charge < -0.3 is 9.64 Å². The molecular formula is C21H25F4N5O2S3. The van der Waals surface area contributed by atoms with Gasteiger partial charge in [-0.25, -0.2) is 27.1 Å². The maximum atomic E-state index is 14.2. The van der Waals surface area contributed by atoms with Crippen molar-refractivity contribution in [2.45, 2.75) is 50.1 Å². The summed E-state index contributed by atoms with van der Waals surface area (Å²) in [5.41, 5.74) is -0.0249. The number of alkyl halides is 2. The molecule has 14 heteroatoms. The average Bonchev–Trinajstić information content (AvgIpc) is 3.35. The van der Waals surface area contributed by atoms with Crippen molar-refractivity contribution in [2.75, 3.05) is 7.11 Å². The lowest BCUT2D eigenvalue weighted by molar-refractivity contribution is 0.0552. The molecule has 0 N–H and O–H groups in total. The van der Waals surface area contributed by atoms with Gasteiger partial charge in [-0.1, -0.05) is 0 Å². The minimum atomic E-state index is -2.78. The van der Waals surface area contributed by atoms with Crippen LogP contribution in [0.3, 0.4) is 0 Å². The molecule has 2 bridgehead atoms. The highest BCUT2D eigenvalue weighted by atomic mass is 32.1. The van der Waals surface area contributed by atoms with Crippen molar-refractivity contribution in [2.24, 2.45) is 0 Å². The van der Waals surface area contributed by atoms with Crippen LogP contribution in [0.5, 0.6) is 5.75 Å². The van der Waals surface area contributed by atoms with Crippen molar-refractivity contribution in [1.82, 2.24) is 24.5 Å². The molecule has 0 unspecified atom stereocenters. The fourth-order valence-electron chi connectivity index (χ4n) is 5.07. The quantitative estimate of drug-likeness (QED) is 0.454. The van der Waals surface area contributed by atoms with Crippen molar-refractivity contribution in [3.8, 4) is 5.75 Å². The van der Waals surface area contributed by atoms with E-state index in [-0.39, 0.29) is 69.8 Å². The molecule has 1 amide bonds. The van der Waals surface area contributed by atoms with Crippen LogP contribution in [-0.4, -0.2) is 49.6 Å². The van der Waals surface area contributed by atoms with E-state index in [9.17, 15) is 22.4 Å². The molecule has 7 nitrogen and oxygen atoms in total. The number of carbonyl (C=O) groups excluding carboxylic acids is 1. The molecule has 5 rings (SSSR count). The topological polar surface area (TPSA) is 72.6 Å². The zero-order valence-electron chi connectivity index (χ0n) is 18.5. The summed E-state index contributed by atoms with van der Waals surface area (Å²) in [6.45, 7) is 0. The smallest absolute Gasteiger partial charge is 0.280 e. The number of nitrogens with zero attached hydrogens (tertiary/aromatic N) is 5. The van der Waals surface area contributed by atoms with Gasteiger partial charge in [0.15, 0.2) is 17.4 Å². The molecule has 0 radical (unpaired) electrons. The summed E-state index contributed by atoms with van der Waals surface area (Å²) in [5, 5.41) is 4.13. The van der Waals surface area contributed by atoms with E-state index >= 15 is 0 Å². The molecule has 3 aromatic rings. The van der Waals surface area contributed by atoms with E-state index < -0.39 is 35.4 Å². The lowest BCUT2D eigenvalue weighted by atomic mass is 9.86. The molecule has 0 saturated carbocycles. The van der Waals surface area contributed by atoms with Crippen molar-refractivity contribution in [1.29, 1.82) is 0 Å². The molecule has 2 fully saturated rings. The molecule has 2 aliphatic heterocycles. The molecule has 192 valence electrons. The average molecular weight is 552 g/mol. The summed E-state index contributed by atoms with van der Waals surface area (Å²) >= 11 is 0.